The maximum absolute atomic E-state index is 14.2. The monoisotopic (exact) mass is 757 g/mol. The Morgan fingerprint density at radius 2 is 1.63 bits per heavy atom. The van der Waals surface area contributed by atoms with Crippen LogP contribution in [-0.4, -0.2) is 60.6 Å². The Balaban J connectivity index is 1.48. The number of anilines is 4. The number of fused-ring (bicyclic) bond motifs is 1. The smallest absolute Gasteiger partial charge is 0.469 e. The van der Waals surface area contributed by atoms with Gasteiger partial charge in [0.2, 0.25) is 5.95 Å². The molecule has 278 valence electrons. The average molecular weight is 758 g/mol. The Morgan fingerprint density at radius 3 is 2.20 bits per heavy atom. The van der Waals surface area contributed by atoms with E-state index in [1.165, 1.54) is 36.3 Å². The molecular weight excluding hydrogens is 717 g/mol. The van der Waals surface area contributed by atoms with Gasteiger partial charge >= 0.3 is 21.6 Å². The van der Waals surface area contributed by atoms with Gasteiger partial charge in [-0.3, -0.25) is 13.9 Å². The molecule has 51 heavy (non-hydrogen) atoms. The highest BCUT2D eigenvalue weighted by Gasteiger charge is 2.46. The summed E-state index contributed by atoms with van der Waals surface area (Å²) in [6.45, 7) is 3.55. The van der Waals surface area contributed by atoms with Crippen LogP contribution in [0.25, 0.3) is 0 Å². The van der Waals surface area contributed by atoms with Gasteiger partial charge in [0, 0.05) is 19.8 Å². The summed E-state index contributed by atoms with van der Waals surface area (Å²) in [5, 5.41) is 4.09. The molecule has 14 nitrogen and oxygen atoms in total. The van der Waals surface area contributed by atoms with Crippen molar-refractivity contribution >= 4 is 44.5 Å². The van der Waals surface area contributed by atoms with E-state index >= 15 is 0 Å². The molecule has 1 fully saturated rings. The minimum atomic E-state index is -4.87. The van der Waals surface area contributed by atoms with E-state index in [-0.39, 0.29) is 53.9 Å². The summed E-state index contributed by atoms with van der Waals surface area (Å²) < 4.78 is 76.9. The Kier molecular flexibility index (Phi) is 11.0. The van der Waals surface area contributed by atoms with Crippen LogP contribution < -0.4 is 15.4 Å². The first-order chi connectivity index (χ1) is 23.8. The number of nitrogens with one attached hydrogen (secondary N) is 2. The number of rotatable bonds is 12. The lowest BCUT2D eigenvalue weighted by molar-refractivity contribution is -0.137. The molecular formula is C32H40F3N5O9P2. The molecule has 5 rings (SSSR count). The Labute approximate surface area is 292 Å². The molecule has 1 saturated carbocycles. The molecule has 0 saturated heterocycles. The molecule has 0 bridgehead atoms. The quantitative estimate of drug-likeness (QED) is 0.104. The first kappa shape index (κ1) is 38.7. The number of aromatic nitrogens is 2. The molecule has 0 atom stereocenters. The minimum Gasteiger partial charge on any atom is -0.495 e. The number of nitrogens with zero attached hydrogens (tertiary/aromatic N) is 3. The van der Waals surface area contributed by atoms with Gasteiger partial charge in [-0.15, -0.1) is 0 Å². The van der Waals surface area contributed by atoms with Gasteiger partial charge in [0.05, 0.1) is 35.3 Å². The van der Waals surface area contributed by atoms with Crippen LogP contribution in [0.15, 0.2) is 36.5 Å². The van der Waals surface area contributed by atoms with Gasteiger partial charge in [-0.25, -0.2) is 9.55 Å². The van der Waals surface area contributed by atoms with E-state index in [0.29, 0.717) is 43.0 Å². The van der Waals surface area contributed by atoms with Crippen LogP contribution >= 0.6 is 15.4 Å². The second kappa shape index (κ2) is 14.5. The standard InChI is InChI=1S/C32H40F3N5O9P2/c1-5-31(6-2,50(42,43)44)19-9-13-24(26(15-19)48-4)38-30-36-16-23(32(33,34)35)28(39-30)37-25-14-12-21(22-17-40(3)29(41)27(22)25)18-7-10-20(11-8-18)49-51(45,46)47/h9,12-16,18,20H,5-8,10-11,17H2,1-4H3,(H2,42,43,44)(H2,45,46,47)(H2,36,37,38,39)/t18-,20-. The molecule has 3 aromatic rings. The first-order valence-corrected chi connectivity index (χ1v) is 19.3. The van der Waals surface area contributed by atoms with Crippen molar-refractivity contribution < 1.29 is 55.9 Å². The minimum absolute atomic E-state index is 0.0628. The Bertz CT molecular complexity index is 1890. The van der Waals surface area contributed by atoms with Crippen molar-refractivity contribution in [3.8, 4) is 5.75 Å². The van der Waals surface area contributed by atoms with Crippen molar-refractivity contribution in [3.63, 3.8) is 0 Å². The van der Waals surface area contributed by atoms with Gasteiger partial charge in [0.25, 0.3) is 5.91 Å². The van der Waals surface area contributed by atoms with Crippen LogP contribution in [0.1, 0.15) is 90.9 Å². The van der Waals surface area contributed by atoms with Crippen molar-refractivity contribution in [1.82, 2.24) is 14.9 Å². The van der Waals surface area contributed by atoms with Crippen molar-refractivity contribution in [3.05, 3.63) is 64.3 Å². The lowest BCUT2D eigenvalue weighted by Gasteiger charge is -2.33. The average Bonchev–Trinajstić information content (AvgIpc) is 3.35. The highest BCUT2D eigenvalue weighted by atomic mass is 31.2. The van der Waals surface area contributed by atoms with Gasteiger partial charge in [0.15, 0.2) is 0 Å². The maximum Gasteiger partial charge on any atom is 0.469 e. The number of carbonyl (C=O) groups excluding carboxylic acids is 1. The third-order valence-corrected chi connectivity index (χ3v) is 12.3. The molecule has 1 aliphatic heterocycles. The molecule has 2 aliphatic rings. The van der Waals surface area contributed by atoms with E-state index in [9.17, 15) is 46.7 Å². The molecule has 0 unspecified atom stereocenters. The van der Waals surface area contributed by atoms with Gasteiger partial charge in [0.1, 0.15) is 17.1 Å². The van der Waals surface area contributed by atoms with Gasteiger partial charge < -0.3 is 39.8 Å². The van der Waals surface area contributed by atoms with E-state index in [0.717, 1.165) is 5.56 Å². The number of halogens is 3. The van der Waals surface area contributed by atoms with Crippen LogP contribution in [0.3, 0.4) is 0 Å². The molecule has 2 aromatic carbocycles. The van der Waals surface area contributed by atoms with Crippen LogP contribution in [0.4, 0.5) is 36.3 Å². The number of ether oxygens (including phenoxy) is 1. The van der Waals surface area contributed by atoms with Gasteiger partial charge in [-0.1, -0.05) is 26.0 Å². The zero-order chi connectivity index (χ0) is 37.5. The number of phosphoric ester groups is 1. The number of amides is 1. The largest absolute Gasteiger partial charge is 0.495 e. The molecule has 0 radical (unpaired) electrons. The molecule has 19 heteroatoms. The van der Waals surface area contributed by atoms with Crippen molar-refractivity contribution in [2.75, 3.05) is 24.8 Å². The highest BCUT2D eigenvalue weighted by Crippen LogP contribution is 2.61. The third-order valence-electron chi connectivity index (χ3n) is 9.77. The Hall–Kier alpha value is -3.56. The van der Waals surface area contributed by atoms with Crippen molar-refractivity contribution in [2.24, 2.45) is 0 Å². The normalized spacial score (nSPS) is 18.5. The lowest BCUT2D eigenvalue weighted by atomic mass is 9.80. The van der Waals surface area contributed by atoms with Crippen molar-refractivity contribution in [1.29, 1.82) is 0 Å². The molecule has 1 aliphatic carbocycles. The number of benzene rings is 2. The van der Waals surface area contributed by atoms with Crippen molar-refractivity contribution in [2.45, 2.75) is 82.3 Å². The fourth-order valence-electron chi connectivity index (χ4n) is 7.05. The van der Waals surface area contributed by atoms with Crippen LogP contribution in [0, 0.1) is 0 Å². The topological polar surface area (TPSA) is 204 Å². The van der Waals surface area contributed by atoms with Crippen LogP contribution in [-0.2, 0) is 31.5 Å². The molecule has 1 amide bonds. The number of alkyl halides is 3. The fraction of sp³-hybridized carbons (Fsp3) is 0.469. The summed E-state index contributed by atoms with van der Waals surface area (Å²) in [5.41, 5.74) is 1.13. The second-order valence-corrected chi connectivity index (χ2v) is 15.8. The zero-order valence-corrected chi connectivity index (χ0v) is 30.1. The van der Waals surface area contributed by atoms with E-state index in [1.54, 1.807) is 27.0 Å². The zero-order valence-electron chi connectivity index (χ0n) is 28.3. The molecule has 2 heterocycles. The number of hydrogen-bond donors (Lipinski definition) is 6. The molecule has 6 N–H and O–H groups in total. The van der Waals surface area contributed by atoms with E-state index < -0.39 is 50.1 Å². The number of phosphoric acid groups is 1. The first-order valence-electron chi connectivity index (χ1n) is 16.2. The maximum atomic E-state index is 14.2. The van der Waals surface area contributed by atoms with Crippen LogP contribution in [0.5, 0.6) is 5.75 Å². The number of methoxy groups -OCH3 is 1. The molecule has 0 spiro atoms. The summed E-state index contributed by atoms with van der Waals surface area (Å²) in [6, 6.07) is 7.71. The molecule has 1 aromatic heterocycles. The summed E-state index contributed by atoms with van der Waals surface area (Å²) in [5.74, 6) is -1.19. The predicted molar refractivity (Wildman–Crippen MR) is 181 cm³/mol. The second-order valence-electron chi connectivity index (χ2n) is 12.7. The van der Waals surface area contributed by atoms with Crippen LogP contribution in [0.2, 0.25) is 0 Å². The fourth-order valence-corrected chi connectivity index (χ4v) is 8.95. The number of hydrogen-bond acceptors (Lipinski definition) is 9. The summed E-state index contributed by atoms with van der Waals surface area (Å²) in [7, 11) is -6.34. The summed E-state index contributed by atoms with van der Waals surface area (Å²) >= 11 is 0. The van der Waals surface area contributed by atoms with Gasteiger partial charge in [-0.05, 0) is 79.3 Å². The van der Waals surface area contributed by atoms with Gasteiger partial charge in [-0.2, -0.15) is 18.2 Å². The third kappa shape index (κ3) is 7.95. The summed E-state index contributed by atoms with van der Waals surface area (Å²) in [4.78, 5) is 61.6. The van der Waals surface area contributed by atoms with E-state index in [2.05, 4.69) is 20.6 Å². The summed E-state index contributed by atoms with van der Waals surface area (Å²) in [6.07, 6.45) is -2.77. The lowest BCUT2D eigenvalue weighted by Crippen LogP contribution is -2.24. The Morgan fingerprint density at radius 1 is 0.980 bits per heavy atom. The van der Waals surface area contributed by atoms with E-state index in [4.69, 9.17) is 9.26 Å². The predicted octanol–water partition coefficient (Wildman–Crippen LogP) is 6.91. The SMILES string of the molecule is CCC(CC)(c1ccc(Nc2ncc(C(F)(F)F)c(Nc3ccc([C@H]4CC[C@H](OP(=O)(O)O)CC4)c4c3C(=O)N(C)C4)n2)c(OC)c1)P(=O)(O)O. The van der Waals surface area contributed by atoms with E-state index in [1.807, 2.05) is 0 Å². The number of carbonyl (C=O) groups is 1. The highest BCUT2D eigenvalue weighted by molar-refractivity contribution is 7.53.